The summed E-state index contributed by atoms with van der Waals surface area (Å²) in [6.45, 7) is 7.80. The van der Waals surface area contributed by atoms with E-state index >= 15 is 0 Å². The number of ether oxygens (including phenoxy) is 3. The van der Waals surface area contributed by atoms with Gasteiger partial charge < -0.3 is 14.2 Å². The molecule has 0 aliphatic carbocycles. The molecule has 1 aliphatic heterocycles. The zero-order valence-electron chi connectivity index (χ0n) is 24.6. The molecule has 2 rings (SSSR count). The molecule has 0 radical (unpaired) electrons. The van der Waals surface area contributed by atoms with Gasteiger partial charge in [0.15, 0.2) is 12.4 Å². The lowest BCUT2D eigenvalue weighted by molar-refractivity contribution is -0.693. The van der Waals surface area contributed by atoms with Gasteiger partial charge in [-0.2, -0.15) is 0 Å². The van der Waals surface area contributed by atoms with Crippen molar-refractivity contribution in [3.63, 3.8) is 0 Å². The quantitative estimate of drug-likeness (QED) is 0.114. The number of aromatic nitrogens is 1. The molecule has 6 heteroatoms. The monoisotopic (exact) mass is 533 g/mol. The standard InChI is InChI=1S/C32H56N2O4/c1-3-5-6-7-8-9-10-11-12-13-14-15-16-17-18-19-24-36-26-29-25-31(37-27-29)28-38-32(35)33-30-20-22-34(4-2)23-21-30/h20-23,29,31H,3-19,24-28H2,1-2H3/p+1. The molecule has 38 heavy (non-hydrogen) atoms. The predicted octanol–water partition coefficient (Wildman–Crippen LogP) is 8.23. The number of amides is 1. The highest BCUT2D eigenvalue weighted by atomic mass is 16.6. The molecule has 1 aromatic heterocycles. The molecule has 2 unspecified atom stereocenters. The first-order valence-corrected chi connectivity index (χ1v) is 15.8. The average molecular weight is 534 g/mol. The second-order valence-corrected chi connectivity index (χ2v) is 11.1. The van der Waals surface area contributed by atoms with E-state index in [1.54, 1.807) is 0 Å². The van der Waals surface area contributed by atoms with E-state index in [9.17, 15) is 4.79 Å². The van der Waals surface area contributed by atoms with Gasteiger partial charge in [0.1, 0.15) is 13.2 Å². The van der Waals surface area contributed by atoms with Crippen LogP contribution in [-0.2, 0) is 20.8 Å². The summed E-state index contributed by atoms with van der Waals surface area (Å²) < 4.78 is 19.1. The summed E-state index contributed by atoms with van der Waals surface area (Å²) in [5, 5.41) is 2.76. The molecule has 1 amide bonds. The van der Waals surface area contributed by atoms with Gasteiger partial charge in [0, 0.05) is 24.7 Å². The Morgan fingerprint density at radius 2 is 1.39 bits per heavy atom. The van der Waals surface area contributed by atoms with Crippen LogP contribution in [0.25, 0.3) is 0 Å². The van der Waals surface area contributed by atoms with Gasteiger partial charge in [-0.1, -0.05) is 103 Å². The number of unbranched alkanes of at least 4 members (excludes halogenated alkanes) is 15. The van der Waals surface area contributed by atoms with Gasteiger partial charge in [-0.25, -0.2) is 9.36 Å². The van der Waals surface area contributed by atoms with Crippen molar-refractivity contribution in [3.05, 3.63) is 24.5 Å². The Morgan fingerprint density at radius 1 is 0.842 bits per heavy atom. The number of nitrogens with zero attached hydrogens (tertiary/aromatic N) is 1. The van der Waals surface area contributed by atoms with Crippen LogP contribution in [0.15, 0.2) is 24.5 Å². The Bertz CT molecular complexity index is 697. The van der Waals surface area contributed by atoms with Gasteiger partial charge in [-0.05, 0) is 19.8 Å². The van der Waals surface area contributed by atoms with E-state index in [1.165, 1.54) is 96.3 Å². The first-order chi connectivity index (χ1) is 18.7. The molecular weight excluding hydrogens is 476 g/mol. The molecule has 1 aliphatic rings. The highest BCUT2D eigenvalue weighted by molar-refractivity contribution is 5.84. The maximum absolute atomic E-state index is 12.0. The Labute approximate surface area is 233 Å². The van der Waals surface area contributed by atoms with Gasteiger partial charge >= 0.3 is 6.09 Å². The lowest BCUT2D eigenvalue weighted by Crippen LogP contribution is -2.31. The van der Waals surface area contributed by atoms with E-state index in [4.69, 9.17) is 14.2 Å². The molecule has 1 fully saturated rings. The number of carbonyl (C=O) groups excluding carboxylic acids is 1. The third-order valence-electron chi connectivity index (χ3n) is 7.56. The zero-order valence-corrected chi connectivity index (χ0v) is 24.6. The molecule has 6 nitrogen and oxygen atoms in total. The minimum absolute atomic E-state index is 0.0390. The van der Waals surface area contributed by atoms with E-state index in [1.807, 2.05) is 29.1 Å². The van der Waals surface area contributed by atoms with Crippen LogP contribution in [0, 0.1) is 5.92 Å². The number of carbonyl (C=O) groups is 1. The summed E-state index contributed by atoms with van der Waals surface area (Å²) >= 11 is 0. The summed E-state index contributed by atoms with van der Waals surface area (Å²) in [5.74, 6) is 0.395. The van der Waals surface area contributed by atoms with Crippen molar-refractivity contribution in [1.82, 2.24) is 0 Å². The van der Waals surface area contributed by atoms with Crippen LogP contribution in [0.2, 0.25) is 0 Å². The van der Waals surface area contributed by atoms with Gasteiger partial charge in [-0.15, -0.1) is 0 Å². The Balaban J connectivity index is 1.32. The molecule has 1 saturated heterocycles. The van der Waals surface area contributed by atoms with Gasteiger partial charge in [0.05, 0.1) is 25.0 Å². The second kappa shape index (κ2) is 22.2. The fourth-order valence-electron chi connectivity index (χ4n) is 5.09. The van der Waals surface area contributed by atoms with Crippen molar-refractivity contribution in [2.45, 2.75) is 136 Å². The molecule has 2 atom stereocenters. The summed E-state index contributed by atoms with van der Waals surface area (Å²) in [4.78, 5) is 12.0. The molecule has 0 aromatic carbocycles. The topological polar surface area (TPSA) is 60.7 Å². The van der Waals surface area contributed by atoms with Gasteiger partial charge in [-0.3, -0.25) is 5.32 Å². The number of hydrogen-bond donors (Lipinski definition) is 1. The van der Waals surface area contributed by atoms with Crippen LogP contribution in [0.1, 0.15) is 123 Å². The number of rotatable bonds is 23. The van der Waals surface area contributed by atoms with Crippen LogP contribution in [-0.4, -0.2) is 38.6 Å². The van der Waals surface area contributed by atoms with Crippen molar-refractivity contribution in [1.29, 1.82) is 0 Å². The van der Waals surface area contributed by atoms with Crippen molar-refractivity contribution >= 4 is 11.8 Å². The number of anilines is 1. The first kappa shape index (κ1) is 32.6. The first-order valence-electron chi connectivity index (χ1n) is 15.8. The van der Waals surface area contributed by atoms with Gasteiger partial charge in [0.2, 0.25) is 0 Å². The Kier molecular flexibility index (Phi) is 19.0. The number of hydrogen-bond acceptors (Lipinski definition) is 4. The third kappa shape index (κ3) is 16.3. The van der Waals surface area contributed by atoms with E-state index < -0.39 is 6.09 Å². The summed E-state index contributed by atoms with van der Waals surface area (Å²) in [7, 11) is 0. The molecular formula is C32H57N2O4+. The SMILES string of the molecule is CCCCCCCCCCCCCCCCCCOCC1COC(COC(=O)Nc2cc[n+](CC)cc2)C1. The Hall–Kier alpha value is -1.66. The molecule has 0 saturated carbocycles. The zero-order chi connectivity index (χ0) is 27.1. The van der Waals surface area contributed by atoms with Crippen LogP contribution in [0.3, 0.4) is 0 Å². The minimum Gasteiger partial charge on any atom is -0.447 e. The molecule has 0 bridgehead atoms. The maximum atomic E-state index is 12.0. The van der Waals surface area contributed by atoms with Crippen LogP contribution in [0.5, 0.6) is 0 Å². The minimum atomic E-state index is -0.439. The van der Waals surface area contributed by atoms with Gasteiger partial charge in [0.25, 0.3) is 0 Å². The van der Waals surface area contributed by atoms with E-state index in [2.05, 4.69) is 19.2 Å². The van der Waals surface area contributed by atoms with E-state index in [-0.39, 0.29) is 12.7 Å². The summed E-state index contributed by atoms with van der Waals surface area (Å²) in [6, 6.07) is 3.73. The second-order valence-electron chi connectivity index (χ2n) is 11.1. The number of aryl methyl sites for hydroxylation is 1. The highest BCUT2D eigenvalue weighted by Crippen LogP contribution is 2.21. The predicted molar refractivity (Wildman–Crippen MR) is 155 cm³/mol. The number of pyridine rings is 1. The average Bonchev–Trinajstić information content (AvgIpc) is 3.39. The largest absolute Gasteiger partial charge is 0.447 e. The summed E-state index contributed by atoms with van der Waals surface area (Å²) in [6.07, 6.45) is 26.5. The summed E-state index contributed by atoms with van der Waals surface area (Å²) in [5.41, 5.74) is 0.729. The Morgan fingerprint density at radius 3 is 1.95 bits per heavy atom. The van der Waals surface area contributed by atoms with E-state index in [0.717, 1.165) is 38.3 Å². The van der Waals surface area contributed by atoms with E-state index in [0.29, 0.717) is 12.5 Å². The van der Waals surface area contributed by atoms with Crippen molar-refractivity contribution < 1.29 is 23.6 Å². The maximum Gasteiger partial charge on any atom is 0.411 e. The van der Waals surface area contributed by atoms with Crippen LogP contribution < -0.4 is 9.88 Å². The molecule has 2 heterocycles. The van der Waals surface area contributed by atoms with Crippen molar-refractivity contribution in [2.75, 3.05) is 31.7 Å². The smallest absolute Gasteiger partial charge is 0.411 e. The van der Waals surface area contributed by atoms with Crippen molar-refractivity contribution in [3.8, 4) is 0 Å². The highest BCUT2D eigenvalue weighted by Gasteiger charge is 2.26. The molecule has 218 valence electrons. The fraction of sp³-hybridized carbons (Fsp3) is 0.812. The molecule has 1 N–H and O–H groups in total. The lowest BCUT2D eigenvalue weighted by Gasteiger charge is -2.11. The van der Waals surface area contributed by atoms with Crippen molar-refractivity contribution in [2.24, 2.45) is 5.92 Å². The normalized spacial score (nSPS) is 17.1. The number of nitrogens with one attached hydrogen (secondary N) is 1. The third-order valence-corrected chi connectivity index (χ3v) is 7.56. The fourth-order valence-corrected chi connectivity index (χ4v) is 5.09. The molecule has 1 aromatic rings. The molecule has 0 spiro atoms. The van der Waals surface area contributed by atoms with Crippen LogP contribution in [0.4, 0.5) is 10.5 Å². The van der Waals surface area contributed by atoms with Crippen LogP contribution >= 0.6 is 0 Å². The lowest BCUT2D eigenvalue weighted by atomic mass is 10.0.